The van der Waals surface area contributed by atoms with E-state index < -0.39 is 0 Å². The Morgan fingerprint density at radius 3 is 2.39 bits per heavy atom. The van der Waals surface area contributed by atoms with E-state index in [0.717, 1.165) is 55.3 Å². The first kappa shape index (κ1) is 11.7. The van der Waals surface area contributed by atoms with Crippen molar-refractivity contribution in [3.8, 4) is 0 Å². The summed E-state index contributed by atoms with van der Waals surface area (Å²) in [4.78, 5) is 0. The van der Waals surface area contributed by atoms with Crippen molar-refractivity contribution in [1.82, 2.24) is 5.32 Å². The maximum Gasteiger partial charge on any atom is 0.0591 e. The van der Waals surface area contributed by atoms with E-state index in [1.807, 2.05) is 0 Å². The van der Waals surface area contributed by atoms with Gasteiger partial charge in [-0.25, -0.2) is 0 Å². The molecule has 1 aliphatic heterocycles. The van der Waals surface area contributed by atoms with Gasteiger partial charge in [-0.3, -0.25) is 0 Å². The summed E-state index contributed by atoms with van der Waals surface area (Å²) in [5.41, 5.74) is 0. The van der Waals surface area contributed by atoms with Crippen molar-refractivity contribution in [2.75, 3.05) is 26.3 Å². The Morgan fingerprint density at radius 2 is 1.67 bits per heavy atom. The average molecular weight is 249 g/mol. The van der Waals surface area contributed by atoms with Gasteiger partial charge in [0.15, 0.2) is 0 Å². The Bertz CT molecular complexity index is 267. The normalized spacial score (nSPS) is 51.3. The van der Waals surface area contributed by atoms with E-state index in [0.29, 0.717) is 0 Å². The molecule has 5 fully saturated rings. The molecule has 4 saturated carbocycles. The summed E-state index contributed by atoms with van der Waals surface area (Å²) in [6.07, 6.45) is 9.30. The van der Waals surface area contributed by atoms with Crippen LogP contribution < -0.4 is 5.32 Å². The lowest BCUT2D eigenvalue weighted by atomic mass is 9.51. The van der Waals surface area contributed by atoms with Crippen LogP contribution in [0.15, 0.2) is 0 Å². The fraction of sp³-hybridized carbons (Fsp3) is 1.00. The summed E-state index contributed by atoms with van der Waals surface area (Å²) < 4.78 is 5.74. The van der Waals surface area contributed by atoms with Crippen molar-refractivity contribution in [2.24, 2.45) is 35.5 Å². The second-order valence-electron chi connectivity index (χ2n) is 7.48. The summed E-state index contributed by atoms with van der Waals surface area (Å²) in [5.74, 6) is 6.25. The van der Waals surface area contributed by atoms with Gasteiger partial charge < -0.3 is 10.1 Å². The molecule has 1 unspecified atom stereocenters. The third kappa shape index (κ3) is 2.12. The Morgan fingerprint density at radius 1 is 0.944 bits per heavy atom. The molecule has 1 atom stereocenters. The van der Waals surface area contributed by atoms with Crippen molar-refractivity contribution in [2.45, 2.75) is 38.5 Å². The molecule has 0 aromatic rings. The largest absolute Gasteiger partial charge is 0.380 e. The number of nitrogens with one attached hydrogen (secondary N) is 1. The van der Waals surface area contributed by atoms with Crippen LogP contribution in [0.2, 0.25) is 0 Å². The molecular weight excluding hydrogens is 222 g/mol. The lowest BCUT2D eigenvalue weighted by molar-refractivity contribution is -0.0490. The maximum atomic E-state index is 5.74. The topological polar surface area (TPSA) is 21.3 Å². The van der Waals surface area contributed by atoms with Crippen molar-refractivity contribution < 1.29 is 4.74 Å². The molecular formula is C16H27NO. The van der Waals surface area contributed by atoms with Gasteiger partial charge in [0.05, 0.1) is 13.2 Å². The fourth-order valence-corrected chi connectivity index (χ4v) is 5.72. The molecule has 1 saturated heterocycles. The molecule has 102 valence electrons. The molecule has 4 aliphatic carbocycles. The number of ether oxygens (including phenoxy) is 1. The highest BCUT2D eigenvalue weighted by Gasteiger charge is 2.48. The fourth-order valence-electron chi connectivity index (χ4n) is 5.72. The molecule has 1 heterocycles. The second-order valence-corrected chi connectivity index (χ2v) is 7.48. The lowest BCUT2D eigenvalue weighted by Crippen LogP contribution is -2.46. The quantitative estimate of drug-likeness (QED) is 0.812. The van der Waals surface area contributed by atoms with Gasteiger partial charge in [-0.15, -0.1) is 0 Å². The zero-order valence-electron chi connectivity index (χ0n) is 11.4. The van der Waals surface area contributed by atoms with E-state index in [1.165, 1.54) is 13.0 Å². The van der Waals surface area contributed by atoms with Gasteiger partial charge in [-0.2, -0.15) is 0 Å². The summed E-state index contributed by atoms with van der Waals surface area (Å²) in [6, 6.07) is 0. The molecule has 0 amide bonds. The van der Waals surface area contributed by atoms with Crippen LogP contribution >= 0.6 is 0 Å². The zero-order chi connectivity index (χ0) is 11.9. The van der Waals surface area contributed by atoms with Crippen molar-refractivity contribution in [3.63, 3.8) is 0 Å². The Labute approximate surface area is 111 Å². The van der Waals surface area contributed by atoms with Crippen molar-refractivity contribution in [3.05, 3.63) is 0 Å². The minimum atomic E-state index is 0.787. The summed E-state index contributed by atoms with van der Waals surface area (Å²) in [7, 11) is 0. The summed E-state index contributed by atoms with van der Waals surface area (Å²) in [6.45, 7) is 4.18. The van der Waals surface area contributed by atoms with Gasteiger partial charge in [-0.05, 0) is 74.0 Å². The average Bonchev–Trinajstić information content (AvgIpc) is 2.61. The predicted octanol–water partition coefficient (Wildman–Crippen LogP) is 2.68. The summed E-state index contributed by atoms with van der Waals surface area (Å²) in [5, 5.41) is 3.55. The van der Waals surface area contributed by atoms with Gasteiger partial charge in [0, 0.05) is 13.1 Å². The highest BCUT2D eigenvalue weighted by molar-refractivity contribution is 4.98. The van der Waals surface area contributed by atoms with Gasteiger partial charge in [0.25, 0.3) is 0 Å². The van der Waals surface area contributed by atoms with E-state index in [-0.39, 0.29) is 0 Å². The molecule has 0 spiro atoms. The van der Waals surface area contributed by atoms with E-state index in [9.17, 15) is 0 Å². The molecule has 4 bridgehead atoms. The number of hydrogen-bond acceptors (Lipinski definition) is 2. The smallest absolute Gasteiger partial charge is 0.0591 e. The third-order valence-corrected chi connectivity index (χ3v) is 6.24. The second kappa shape index (κ2) is 4.79. The van der Waals surface area contributed by atoms with Crippen LogP contribution in [0.25, 0.3) is 0 Å². The molecule has 5 rings (SSSR count). The molecule has 1 N–H and O–H groups in total. The molecule has 18 heavy (non-hydrogen) atoms. The van der Waals surface area contributed by atoms with Gasteiger partial charge >= 0.3 is 0 Å². The van der Waals surface area contributed by atoms with Crippen LogP contribution in [0.3, 0.4) is 0 Å². The number of rotatable bonds is 2. The highest BCUT2D eigenvalue weighted by Crippen LogP contribution is 2.57. The molecule has 2 nitrogen and oxygen atoms in total. The Kier molecular flexibility index (Phi) is 3.12. The third-order valence-electron chi connectivity index (χ3n) is 6.24. The lowest BCUT2D eigenvalue weighted by Gasteiger charge is -2.55. The van der Waals surface area contributed by atoms with Crippen molar-refractivity contribution in [1.29, 1.82) is 0 Å². The van der Waals surface area contributed by atoms with Crippen LogP contribution in [0.4, 0.5) is 0 Å². The minimum Gasteiger partial charge on any atom is -0.380 e. The van der Waals surface area contributed by atoms with Gasteiger partial charge in [0.1, 0.15) is 0 Å². The molecule has 2 heteroatoms. The minimum absolute atomic E-state index is 0.787. The van der Waals surface area contributed by atoms with Crippen LogP contribution in [-0.2, 0) is 4.74 Å². The van der Waals surface area contributed by atoms with E-state index in [4.69, 9.17) is 4.74 Å². The molecule has 5 aliphatic rings. The van der Waals surface area contributed by atoms with Crippen LogP contribution in [-0.4, -0.2) is 26.3 Å². The van der Waals surface area contributed by atoms with Crippen LogP contribution in [0, 0.1) is 35.5 Å². The summed E-state index contributed by atoms with van der Waals surface area (Å²) >= 11 is 0. The predicted molar refractivity (Wildman–Crippen MR) is 72.3 cm³/mol. The van der Waals surface area contributed by atoms with Gasteiger partial charge in [-0.1, -0.05) is 0 Å². The first-order chi connectivity index (χ1) is 8.88. The molecule has 0 aromatic heterocycles. The van der Waals surface area contributed by atoms with Crippen molar-refractivity contribution >= 4 is 0 Å². The first-order valence-corrected chi connectivity index (χ1v) is 8.17. The molecule has 0 aromatic carbocycles. The maximum absolute atomic E-state index is 5.74. The van der Waals surface area contributed by atoms with E-state index >= 15 is 0 Å². The van der Waals surface area contributed by atoms with E-state index in [2.05, 4.69) is 5.32 Å². The highest BCUT2D eigenvalue weighted by atomic mass is 16.5. The Balaban J connectivity index is 1.42. The standard InChI is InChI=1S/C16H27NO/c1-2-18-10-13(9-17-1)8-16-14-4-11-3-12(6-14)7-15(16)5-11/h11-17H,1-10H2. The first-order valence-electron chi connectivity index (χ1n) is 8.17. The monoisotopic (exact) mass is 249 g/mol. The van der Waals surface area contributed by atoms with Crippen LogP contribution in [0.5, 0.6) is 0 Å². The van der Waals surface area contributed by atoms with E-state index in [1.54, 1.807) is 32.1 Å². The van der Waals surface area contributed by atoms with Gasteiger partial charge in [0.2, 0.25) is 0 Å². The SMILES string of the molecule is C1COCC(CC2C3CC4CC(C3)CC2C4)CN1. The van der Waals surface area contributed by atoms with Crippen LogP contribution in [0.1, 0.15) is 38.5 Å². The zero-order valence-corrected chi connectivity index (χ0v) is 11.4. The Hall–Kier alpha value is -0.0800. The number of hydrogen-bond donors (Lipinski definition) is 1. The molecule has 0 radical (unpaired) electrons.